The molecule has 2 rings (SSSR count). The van der Waals surface area contributed by atoms with Crippen molar-refractivity contribution in [1.82, 2.24) is 4.98 Å². The average Bonchev–Trinajstić information content (AvgIpc) is 2.83. The van der Waals surface area contributed by atoms with Crippen molar-refractivity contribution in [3.05, 3.63) is 28.4 Å². The molecular weight excluding hydrogens is 222 g/mol. The number of aromatic nitrogens is 1. The first-order chi connectivity index (χ1) is 8.18. The SMILES string of the molecule is CC(Nc1ncccc1[N+](=O)[O-])C1CCCO1. The number of hydrogen-bond acceptors (Lipinski definition) is 5. The van der Waals surface area contributed by atoms with Gasteiger partial charge in [-0.1, -0.05) is 0 Å². The summed E-state index contributed by atoms with van der Waals surface area (Å²) in [6.45, 7) is 2.72. The Balaban J connectivity index is 2.09. The molecule has 6 heteroatoms. The Bertz CT molecular complexity index is 405. The van der Waals surface area contributed by atoms with Crippen LogP contribution < -0.4 is 5.32 Å². The Morgan fingerprint density at radius 1 is 1.71 bits per heavy atom. The molecule has 2 atom stereocenters. The smallest absolute Gasteiger partial charge is 0.311 e. The zero-order valence-corrected chi connectivity index (χ0v) is 9.63. The molecule has 1 aliphatic rings. The summed E-state index contributed by atoms with van der Waals surface area (Å²) >= 11 is 0. The number of hydrogen-bond donors (Lipinski definition) is 1. The lowest BCUT2D eigenvalue weighted by Crippen LogP contribution is -2.30. The van der Waals surface area contributed by atoms with Crippen molar-refractivity contribution < 1.29 is 9.66 Å². The molecule has 2 heterocycles. The van der Waals surface area contributed by atoms with Crippen LogP contribution in [0.1, 0.15) is 19.8 Å². The molecule has 0 amide bonds. The Labute approximate surface area is 99.2 Å². The molecule has 1 aliphatic heterocycles. The number of anilines is 1. The van der Waals surface area contributed by atoms with E-state index in [0.29, 0.717) is 5.82 Å². The highest BCUT2D eigenvalue weighted by molar-refractivity contribution is 5.55. The van der Waals surface area contributed by atoms with E-state index >= 15 is 0 Å². The van der Waals surface area contributed by atoms with Crippen molar-refractivity contribution in [2.24, 2.45) is 0 Å². The third kappa shape index (κ3) is 2.71. The van der Waals surface area contributed by atoms with Crippen LogP contribution in [-0.2, 0) is 4.74 Å². The topological polar surface area (TPSA) is 77.3 Å². The van der Waals surface area contributed by atoms with Crippen LogP contribution in [0.4, 0.5) is 11.5 Å². The van der Waals surface area contributed by atoms with Gasteiger partial charge in [0.2, 0.25) is 5.82 Å². The molecule has 0 saturated carbocycles. The zero-order valence-electron chi connectivity index (χ0n) is 9.63. The van der Waals surface area contributed by atoms with Gasteiger partial charge < -0.3 is 10.1 Å². The Morgan fingerprint density at radius 3 is 3.18 bits per heavy atom. The van der Waals surface area contributed by atoms with Gasteiger partial charge in [-0.15, -0.1) is 0 Å². The van der Waals surface area contributed by atoms with Crippen LogP contribution in [0, 0.1) is 10.1 Å². The van der Waals surface area contributed by atoms with Gasteiger partial charge in [0.05, 0.1) is 17.1 Å². The fourth-order valence-corrected chi connectivity index (χ4v) is 1.96. The summed E-state index contributed by atoms with van der Waals surface area (Å²) < 4.78 is 5.53. The number of nitrogens with one attached hydrogen (secondary N) is 1. The highest BCUT2D eigenvalue weighted by Crippen LogP contribution is 2.24. The molecule has 0 aliphatic carbocycles. The lowest BCUT2D eigenvalue weighted by Gasteiger charge is -2.20. The summed E-state index contributed by atoms with van der Waals surface area (Å²) in [4.78, 5) is 14.4. The molecule has 1 aromatic rings. The van der Waals surface area contributed by atoms with Gasteiger partial charge in [0, 0.05) is 18.9 Å². The van der Waals surface area contributed by atoms with E-state index in [2.05, 4.69) is 10.3 Å². The van der Waals surface area contributed by atoms with E-state index in [-0.39, 0.29) is 17.8 Å². The first-order valence-electron chi connectivity index (χ1n) is 5.66. The highest BCUT2D eigenvalue weighted by Gasteiger charge is 2.24. The molecule has 1 fully saturated rings. The van der Waals surface area contributed by atoms with Crippen molar-refractivity contribution in [2.75, 3.05) is 11.9 Å². The molecule has 0 radical (unpaired) electrons. The maximum absolute atomic E-state index is 10.8. The van der Waals surface area contributed by atoms with Gasteiger partial charge in [0.1, 0.15) is 0 Å². The molecule has 17 heavy (non-hydrogen) atoms. The lowest BCUT2D eigenvalue weighted by molar-refractivity contribution is -0.384. The van der Waals surface area contributed by atoms with Crippen LogP contribution in [0.15, 0.2) is 18.3 Å². The number of nitrogens with zero attached hydrogens (tertiary/aromatic N) is 2. The minimum atomic E-state index is -0.433. The normalized spacial score (nSPS) is 21.1. The van der Waals surface area contributed by atoms with Crippen LogP contribution in [0.5, 0.6) is 0 Å². The summed E-state index contributed by atoms with van der Waals surface area (Å²) in [6, 6.07) is 3.02. The van der Waals surface area contributed by atoms with Crippen LogP contribution in [0.2, 0.25) is 0 Å². The highest BCUT2D eigenvalue weighted by atomic mass is 16.6. The second-order valence-corrected chi connectivity index (χ2v) is 4.11. The van der Waals surface area contributed by atoms with Gasteiger partial charge in [-0.05, 0) is 25.8 Å². The minimum absolute atomic E-state index is 0.00246. The van der Waals surface area contributed by atoms with E-state index in [9.17, 15) is 10.1 Å². The first-order valence-corrected chi connectivity index (χ1v) is 5.66. The van der Waals surface area contributed by atoms with Crippen molar-refractivity contribution in [3.8, 4) is 0 Å². The Hall–Kier alpha value is -1.69. The molecule has 1 aromatic heterocycles. The van der Waals surface area contributed by atoms with Crippen LogP contribution in [0.25, 0.3) is 0 Å². The summed E-state index contributed by atoms with van der Waals surface area (Å²) in [6.07, 6.45) is 3.67. The largest absolute Gasteiger partial charge is 0.376 e. The van der Waals surface area contributed by atoms with Gasteiger partial charge >= 0.3 is 5.69 Å². The zero-order chi connectivity index (χ0) is 12.3. The van der Waals surface area contributed by atoms with Crippen molar-refractivity contribution >= 4 is 11.5 Å². The number of nitro groups is 1. The molecule has 0 spiro atoms. The molecule has 0 bridgehead atoms. The Morgan fingerprint density at radius 2 is 2.53 bits per heavy atom. The second-order valence-electron chi connectivity index (χ2n) is 4.11. The average molecular weight is 237 g/mol. The molecule has 1 saturated heterocycles. The maximum atomic E-state index is 10.8. The molecule has 1 N–H and O–H groups in total. The summed E-state index contributed by atoms with van der Waals surface area (Å²) in [5.41, 5.74) is -0.00246. The molecule has 6 nitrogen and oxygen atoms in total. The van der Waals surface area contributed by atoms with E-state index in [1.54, 1.807) is 6.07 Å². The fraction of sp³-hybridized carbons (Fsp3) is 0.545. The predicted octanol–water partition coefficient (Wildman–Crippen LogP) is 1.97. The van der Waals surface area contributed by atoms with Crippen LogP contribution in [-0.4, -0.2) is 28.7 Å². The predicted molar refractivity (Wildman–Crippen MR) is 63.0 cm³/mol. The van der Waals surface area contributed by atoms with Gasteiger partial charge in [0.25, 0.3) is 0 Å². The minimum Gasteiger partial charge on any atom is -0.376 e. The van der Waals surface area contributed by atoms with E-state index in [0.717, 1.165) is 19.4 Å². The van der Waals surface area contributed by atoms with E-state index < -0.39 is 4.92 Å². The number of ether oxygens (including phenoxy) is 1. The second kappa shape index (κ2) is 5.09. The van der Waals surface area contributed by atoms with Gasteiger partial charge in [-0.25, -0.2) is 4.98 Å². The first kappa shape index (κ1) is 11.8. The number of rotatable bonds is 4. The number of pyridine rings is 1. The molecule has 92 valence electrons. The molecular formula is C11H15N3O3. The summed E-state index contributed by atoms with van der Waals surface area (Å²) in [5.74, 6) is 0.306. The van der Waals surface area contributed by atoms with Crippen LogP contribution in [0.3, 0.4) is 0 Å². The Kier molecular flexibility index (Phi) is 3.53. The van der Waals surface area contributed by atoms with Crippen LogP contribution >= 0.6 is 0 Å². The quantitative estimate of drug-likeness (QED) is 0.639. The van der Waals surface area contributed by atoms with Crippen molar-refractivity contribution in [1.29, 1.82) is 0 Å². The standard InChI is InChI=1S/C11H15N3O3/c1-8(10-5-3-7-17-10)13-11-9(14(15)16)4-2-6-12-11/h2,4,6,8,10H,3,5,7H2,1H3,(H,12,13). The lowest BCUT2D eigenvalue weighted by atomic mass is 10.1. The van der Waals surface area contributed by atoms with Gasteiger partial charge in [-0.2, -0.15) is 0 Å². The summed E-state index contributed by atoms with van der Waals surface area (Å²) in [5, 5.41) is 13.9. The fourth-order valence-electron chi connectivity index (χ4n) is 1.96. The van der Waals surface area contributed by atoms with Gasteiger partial charge in [-0.3, -0.25) is 10.1 Å². The molecule has 0 aromatic carbocycles. The maximum Gasteiger partial charge on any atom is 0.311 e. The summed E-state index contributed by atoms with van der Waals surface area (Å²) in [7, 11) is 0. The van der Waals surface area contributed by atoms with E-state index in [4.69, 9.17) is 4.74 Å². The molecule has 2 unspecified atom stereocenters. The van der Waals surface area contributed by atoms with E-state index in [1.807, 2.05) is 6.92 Å². The van der Waals surface area contributed by atoms with E-state index in [1.165, 1.54) is 12.3 Å². The van der Waals surface area contributed by atoms with Crippen molar-refractivity contribution in [3.63, 3.8) is 0 Å². The van der Waals surface area contributed by atoms with Crippen molar-refractivity contribution in [2.45, 2.75) is 31.9 Å². The monoisotopic (exact) mass is 237 g/mol. The van der Waals surface area contributed by atoms with Gasteiger partial charge in [0.15, 0.2) is 0 Å². The third-order valence-corrected chi connectivity index (χ3v) is 2.87. The third-order valence-electron chi connectivity index (χ3n) is 2.87.